The zero-order chi connectivity index (χ0) is 10.1. The fraction of sp³-hybridized carbons (Fsp3) is 0.300. The van der Waals surface area contributed by atoms with Gasteiger partial charge >= 0.3 is 0 Å². The average Bonchev–Trinajstić information content (AvgIpc) is 2.20. The summed E-state index contributed by atoms with van der Waals surface area (Å²) in [6.45, 7) is 1.28. The number of likely N-dealkylation sites (tertiary alicyclic amines) is 1. The summed E-state index contributed by atoms with van der Waals surface area (Å²) < 4.78 is 0. The Labute approximate surface area is 87.4 Å². The van der Waals surface area contributed by atoms with E-state index in [4.69, 9.17) is 17.3 Å². The fourth-order valence-corrected chi connectivity index (χ4v) is 1.61. The van der Waals surface area contributed by atoms with Gasteiger partial charge in [-0.15, -0.1) is 0 Å². The zero-order valence-electron chi connectivity index (χ0n) is 7.61. The summed E-state index contributed by atoms with van der Waals surface area (Å²) in [5.41, 5.74) is 6.56. The Kier molecular flexibility index (Phi) is 2.44. The second kappa shape index (κ2) is 3.59. The molecule has 1 aliphatic heterocycles. The van der Waals surface area contributed by atoms with Gasteiger partial charge in [0, 0.05) is 18.1 Å². The van der Waals surface area contributed by atoms with Crippen LogP contribution in [0, 0.1) is 0 Å². The predicted molar refractivity (Wildman–Crippen MR) is 54.8 cm³/mol. The van der Waals surface area contributed by atoms with Crippen molar-refractivity contribution in [3.8, 4) is 0 Å². The molecule has 1 atom stereocenters. The molecule has 1 fully saturated rings. The maximum Gasteiger partial charge on any atom is 0.241 e. The molecule has 1 aromatic rings. The summed E-state index contributed by atoms with van der Waals surface area (Å²) in [5, 5.41) is 0.709. The van der Waals surface area contributed by atoms with Crippen molar-refractivity contribution in [2.24, 2.45) is 5.73 Å². The quantitative estimate of drug-likeness (QED) is 0.741. The molecule has 2 N–H and O–H groups in total. The lowest BCUT2D eigenvalue weighted by Gasteiger charge is -2.36. The molecule has 0 radical (unpaired) electrons. The van der Waals surface area contributed by atoms with Crippen molar-refractivity contribution < 1.29 is 4.79 Å². The fourth-order valence-electron chi connectivity index (χ4n) is 1.48. The van der Waals surface area contributed by atoms with Crippen LogP contribution in [0.15, 0.2) is 24.3 Å². The first kappa shape index (κ1) is 9.49. The van der Waals surface area contributed by atoms with Gasteiger partial charge in [0.1, 0.15) is 6.04 Å². The molecular weight excluding hydrogens is 200 g/mol. The van der Waals surface area contributed by atoms with Gasteiger partial charge in [0.15, 0.2) is 0 Å². The zero-order valence-corrected chi connectivity index (χ0v) is 8.37. The number of amides is 1. The van der Waals surface area contributed by atoms with E-state index < -0.39 is 0 Å². The molecule has 14 heavy (non-hydrogen) atoms. The topological polar surface area (TPSA) is 46.3 Å². The number of rotatable bonds is 2. The third-order valence-electron chi connectivity index (χ3n) is 2.33. The molecule has 0 aliphatic carbocycles. The van der Waals surface area contributed by atoms with Crippen LogP contribution in [0.4, 0.5) is 0 Å². The second-order valence-corrected chi connectivity index (χ2v) is 3.89. The van der Waals surface area contributed by atoms with E-state index in [0.29, 0.717) is 18.1 Å². The Morgan fingerprint density at radius 3 is 2.57 bits per heavy atom. The Bertz CT molecular complexity index is 350. The minimum absolute atomic E-state index is 0.0277. The number of hydrogen-bond acceptors (Lipinski definition) is 2. The van der Waals surface area contributed by atoms with Crippen molar-refractivity contribution >= 4 is 17.5 Å². The first-order valence-corrected chi connectivity index (χ1v) is 4.83. The molecule has 1 unspecified atom stereocenters. The number of benzene rings is 1. The Morgan fingerprint density at radius 1 is 1.43 bits per heavy atom. The molecular formula is C10H11ClN2O. The van der Waals surface area contributed by atoms with Crippen LogP contribution in [0.3, 0.4) is 0 Å². The van der Waals surface area contributed by atoms with Gasteiger partial charge in [0.25, 0.3) is 0 Å². The Balaban J connectivity index is 1.99. The van der Waals surface area contributed by atoms with Gasteiger partial charge in [-0.1, -0.05) is 23.7 Å². The monoisotopic (exact) mass is 210 g/mol. The van der Waals surface area contributed by atoms with Crippen molar-refractivity contribution in [1.82, 2.24) is 4.90 Å². The number of nitrogens with two attached hydrogens (primary N) is 1. The molecule has 3 nitrogen and oxygen atoms in total. The number of halogens is 1. The summed E-state index contributed by atoms with van der Waals surface area (Å²) in [6, 6.07) is 7.18. The molecule has 1 aromatic carbocycles. The Morgan fingerprint density at radius 2 is 2.07 bits per heavy atom. The SMILES string of the molecule is NC1CN(Cc2ccc(Cl)cc2)C1=O. The normalized spacial score (nSPS) is 20.9. The van der Waals surface area contributed by atoms with E-state index in [-0.39, 0.29) is 11.9 Å². The minimum atomic E-state index is -0.290. The largest absolute Gasteiger partial charge is 0.335 e. The summed E-state index contributed by atoms with van der Waals surface area (Å²) in [6.07, 6.45) is 0. The molecule has 0 saturated carbocycles. The van der Waals surface area contributed by atoms with Crippen LogP contribution in [0.1, 0.15) is 5.56 Å². The highest BCUT2D eigenvalue weighted by molar-refractivity contribution is 6.30. The summed E-state index contributed by atoms with van der Waals surface area (Å²) in [5.74, 6) is 0.0277. The third kappa shape index (κ3) is 1.74. The maximum atomic E-state index is 11.2. The molecule has 74 valence electrons. The first-order chi connectivity index (χ1) is 6.66. The highest BCUT2D eigenvalue weighted by Crippen LogP contribution is 2.15. The molecule has 0 spiro atoms. The molecule has 1 aliphatic rings. The van der Waals surface area contributed by atoms with Crippen LogP contribution in [0.5, 0.6) is 0 Å². The molecule has 1 saturated heterocycles. The maximum absolute atomic E-state index is 11.2. The van der Waals surface area contributed by atoms with E-state index in [1.54, 1.807) is 4.90 Å². The van der Waals surface area contributed by atoms with Crippen LogP contribution in [0.25, 0.3) is 0 Å². The third-order valence-corrected chi connectivity index (χ3v) is 2.58. The van der Waals surface area contributed by atoms with Crippen LogP contribution in [-0.2, 0) is 11.3 Å². The van der Waals surface area contributed by atoms with Crippen LogP contribution in [-0.4, -0.2) is 23.4 Å². The average molecular weight is 211 g/mol. The highest BCUT2D eigenvalue weighted by Gasteiger charge is 2.32. The molecule has 1 heterocycles. The van der Waals surface area contributed by atoms with Gasteiger partial charge in [0.05, 0.1) is 0 Å². The van der Waals surface area contributed by atoms with E-state index in [9.17, 15) is 4.79 Å². The van der Waals surface area contributed by atoms with Crippen molar-refractivity contribution in [3.05, 3.63) is 34.9 Å². The lowest BCUT2D eigenvalue weighted by molar-refractivity contribution is -0.143. The molecule has 4 heteroatoms. The van der Waals surface area contributed by atoms with Gasteiger partial charge in [-0.3, -0.25) is 4.79 Å². The van der Waals surface area contributed by atoms with Gasteiger partial charge < -0.3 is 10.6 Å². The van der Waals surface area contributed by atoms with Gasteiger partial charge in [-0.2, -0.15) is 0 Å². The number of carbonyl (C=O) groups is 1. The molecule has 1 amide bonds. The predicted octanol–water partition coefficient (Wildman–Crippen LogP) is 1.01. The highest BCUT2D eigenvalue weighted by atomic mass is 35.5. The van der Waals surface area contributed by atoms with Crippen LogP contribution < -0.4 is 5.73 Å². The van der Waals surface area contributed by atoms with Crippen molar-refractivity contribution in [3.63, 3.8) is 0 Å². The van der Waals surface area contributed by atoms with Crippen LogP contribution in [0.2, 0.25) is 5.02 Å². The van der Waals surface area contributed by atoms with Gasteiger partial charge in [-0.05, 0) is 17.7 Å². The summed E-state index contributed by atoms with van der Waals surface area (Å²) in [7, 11) is 0. The molecule has 0 bridgehead atoms. The Hall–Kier alpha value is -1.06. The van der Waals surface area contributed by atoms with E-state index in [1.807, 2.05) is 24.3 Å². The molecule has 0 aromatic heterocycles. The first-order valence-electron chi connectivity index (χ1n) is 4.45. The molecule has 2 rings (SSSR count). The second-order valence-electron chi connectivity index (χ2n) is 3.45. The lowest BCUT2D eigenvalue weighted by atomic mass is 10.1. The smallest absolute Gasteiger partial charge is 0.241 e. The standard InChI is InChI=1S/C10H11ClN2O/c11-8-3-1-7(2-4-8)5-13-6-9(12)10(13)14/h1-4,9H,5-6,12H2. The number of hydrogen-bond donors (Lipinski definition) is 1. The van der Waals surface area contributed by atoms with Crippen molar-refractivity contribution in [2.45, 2.75) is 12.6 Å². The van der Waals surface area contributed by atoms with Crippen LogP contribution >= 0.6 is 11.6 Å². The van der Waals surface area contributed by atoms with Crippen molar-refractivity contribution in [1.29, 1.82) is 0 Å². The van der Waals surface area contributed by atoms with Gasteiger partial charge in [-0.25, -0.2) is 0 Å². The van der Waals surface area contributed by atoms with Crippen molar-refractivity contribution in [2.75, 3.05) is 6.54 Å². The number of carbonyl (C=O) groups excluding carboxylic acids is 1. The van der Waals surface area contributed by atoms with E-state index in [1.165, 1.54) is 0 Å². The summed E-state index contributed by atoms with van der Waals surface area (Å²) >= 11 is 5.75. The number of β-lactam (4-membered cyclic amide) rings is 1. The van der Waals surface area contributed by atoms with E-state index in [2.05, 4.69) is 0 Å². The van der Waals surface area contributed by atoms with E-state index >= 15 is 0 Å². The number of nitrogens with zero attached hydrogens (tertiary/aromatic N) is 1. The summed E-state index contributed by atoms with van der Waals surface area (Å²) in [4.78, 5) is 12.9. The lowest BCUT2D eigenvalue weighted by Crippen LogP contribution is -2.60. The minimum Gasteiger partial charge on any atom is -0.335 e. The van der Waals surface area contributed by atoms with E-state index in [0.717, 1.165) is 5.56 Å². The van der Waals surface area contributed by atoms with Gasteiger partial charge in [0.2, 0.25) is 5.91 Å².